The summed E-state index contributed by atoms with van der Waals surface area (Å²) in [4.78, 5) is 32.9. The van der Waals surface area contributed by atoms with Gasteiger partial charge in [-0.3, -0.25) is 14.2 Å². The number of fused-ring (bicyclic) bond motifs is 1. The molecule has 0 saturated heterocycles. The molecule has 0 aliphatic rings. The summed E-state index contributed by atoms with van der Waals surface area (Å²) in [7, 11) is 0. The van der Waals surface area contributed by atoms with E-state index in [1.165, 1.54) is 11.8 Å². The van der Waals surface area contributed by atoms with Crippen molar-refractivity contribution in [1.82, 2.24) is 14.5 Å². The molecule has 2 aromatic carbocycles. The number of para-hydroxylation sites is 1. The van der Waals surface area contributed by atoms with Crippen LogP contribution in [0.3, 0.4) is 0 Å². The van der Waals surface area contributed by atoms with Crippen LogP contribution in [0.5, 0.6) is 0 Å². The number of furan rings is 1. The number of aryl methyl sites for hydroxylation is 2. The van der Waals surface area contributed by atoms with Crippen molar-refractivity contribution in [2.75, 3.05) is 12.3 Å². The van der Waals surface area contributed by atoms with E-state index in [9.17, 15) is 9.59 Å². The van der Waals surface area contributed by atoms with Crippen molar-refractivity contribution >= 4 is 28.6 Å². The second kappa shape index (κ2) is 10.4. The molecular weight excluding hydrogens is 448 g/mol. The van der Waals surface area contributed by atoms with E-state index in [2.05, 4.69) is 6.07 Å². The molecule has 2 heterocycles. The van der Waals surface area contributed by atoms with Crippen LogP contribution in [-0.2, 0) is 11.3 Å². The zero-order valence-electron chi connectivity index (χ0n) is 19.0. The summed E-state index contributed by atoms with van der Waals surface area (Å²) in [6, 6.07) is 18.8. The van der Waals surface area contributed by atoms with Crippen molar-refractivity contribution in [3.05, 3.63) is 88.1 Å². The molecule has 0 saturated carbocycles. The summed E-state index contributed by atoms with van der Waals surface area (Å²) >= 11 is 1.21. The number of aromatic nitrogens is 2. The van der Waals surface area contributed by atoms with E-state index in [-0.39, 0.29) is 30.2 Å². The highest BCUT2D eigenvalue weighted by Crippen LogP contribution is 2.23. The van der Waals surface area contributed by atoms with Gasteiger partial charge in [-0.1, -0.05) is 30.0 Å². The average Bonchev–Trinajstić information content (AvgIpc) is 3.33. The Kier molecular flexibility index (Phi) is 7.14. The third-order valence-electron chi connectivity index (χ3n) is 5.31. The van der Waals surface area contributed by atoms with Crippen LogP contribution in [0.25, 0.3) is 16.6 Å². The van der Waals surface area contributed by atoms with Crippen molar-refractivity contribution in [2.24, 2.45) is 0 Å². The van der Waals surface area contributed by atoms with E-state index < -0.39 is 0 Å². The molecule has 172 valence electrons. The molecule has 0 aliphatic carbocycles. The van der Waals surface area contributed by atoms with E-state index in [0.29, 0.717) is 34.1 Å². The number of rotatable bonds is 8. The Morgan fingerprint density at radius 1 is 1.15 bits per heavy atom. The summed E-state index contributed by atoms with van der Waals surface area (Å²) in [5.41, 5.74) is 3.18. The number of amides is 1. The Hall–Kier alpha value is -3.83. The molecule has 0 N–H and O–H groups in total. The van der Waals surface area contributed by atoms with Crippen molar-refractivity contribution in [1.29, 1.82) is 5.26 Å². The Bertz CT molecular complexity index is 1400. The molecule has 7 nitrogen and oxygen atoms in total. The van der Waals surface area contributed by atoms with Crippen LogP contribution in [0, 0.1) is 25.2 Å². The number of hydrogen-bond donors (Lipinski definition) is 0. The third-order valence-corrected chi connectivity index (χ3v) is 6.23. The first kappa shape index (κ1) is 23.3. The minimum atomic E-state index is -0.178. The van der Waals surface area contributed by atoms with Crippen LogP contribution in [0.2, 0.25) is 0 Å². The van der Waals surface area contributed by atoms with E-state index in [1.54, 1.807) is 40.0 Å². The quantitative estimate of drug-likeness (QED) is 0.274. The van der Waals surface area contributed by atoms with Gasteiger partial charge in [0.2, 0.25) is 5.91 Å². The molecule has 0 unspecified atom stereocenters. The Morgan fingerprint density at radius 3 is 2.62 bits per heavy atom. The fourth-order valence-corrected chi connectivity index (χ4v) is 4.72. The SMILES string of the molecule is Cc1cc(C)cc(-n2c(SCC(=O)N(CCC#N)Cc3ccco3)nc3ccccc3c2=O)c1. The highest BCUT2D eigenvalue weighted by atomic mass is 32.2. The number of hydrogen-bond acceptors (Lipinski definition) is 6. The van der Waals surface area contributed by atoms with E-state index in [1.807, 2.05) is 44.2 Å². The van der Waals surface area contributed by atoms with Crippen LogP contribution in [0.15, 0.2) is 75.2 Å². The fraction of sp³-hybridized carbons (Fsp3) is 0.231. The minimum absolute atomic E-state index is 0.0711. The maximum Gasteiger partial charge on any atom is 0.266 e. The van der Waals surface area contributed by atoms with E-state index in [4.69, 9.17) is 14.7 Å². The molecule has 0 spiro atoms. The van der Waals surface area contributed by atoms with Gasteiger partial charge in [-0.25, -0.2) is 4.98 Å². The van der Waals surface area contributed by atoms with Gasteiger partial charge in [0.05, 0.1) is 47.6 Å². The number of nitrogens with zero attached hydrogens (tertiary/aromatic N) is 4. The van der Waals surface area contributed by atoms with Gasteiger partial charge in [0, 0.05) is 6.54 Å². The van der Waals surface area contributed by atoms with Gasteiger partial charge >= 0.3 is 0 Å². The van der Waals surface area contributed by atoms with Crippen molar-refractivity contribution in [3.63, 3.8) is 0 Å². The number of thioether (sulfide) groups is 1. The first-order valence-corrected chi connectivity index (χ1v) is 11.8. The lowest BCUT2D eigenvalue weighted by Gasteiger charge is -2.21. The van der Waals surface area contributed by atoms with Gasteiger partial charge in [0.25, 0.3) is 5.56 Å². The zero-order valence-corrected chi connectivity index (χ0v) is 19.8. The lowest BCUT2D eigenvalue weighted by Crippen LogP contribution is -2.33. The number of carbonyl (C=O) groups excluding carboxylic acids is 1. The zero-order chi connectivity index (χ0) is 24.1. The van der Waals surface area contributed by atoms with Crippen LogP contribution in [0.4, 0.5) is 0 Å². The van der Waals surface area contributed by atoms with Crippen LogP contribution < -0.4 is 5.56 Å². The molecule has 0 bridgehead atoms. The van der Waals surface area contributed by atoms with Crippen LogP contribution in [-0.4, -0.2) is 32.7 Å². The fourth-order valence-electron chi connectivity index (χ4n) is 3.80. The van der Waals surface area contributed by atoms with Crippen LogP contribution in [0.1, 0.15) is 23.3 Å². The van der Waals surface area contributed by atoms with Crippen LogP contribution >= 0.6 is 11.8 Å². The largest absolute Gasteiger partial charge is 0.467 e. The van der Waals surface area contributed by atoms with Gasteiger partial charge in [0.1, 0.15) is 5.76 Å². The summed E-state index contributed by atoms with van der Waals surface area (Å²) in [6.45, 7) is 4.54. The summed E-state index contributed by atoms with van der Waals surface area (Å²) in [5, 5.41) is 9.97. The lowest BCUT2D eigenvalue weighted by molar-refractivity contribution is -0.129. The van der Waals surface area contributed by atoms with E-state index in [0.717, 1.165) is 11.1 Å². The third kappa shape index (κ3) is 5.21. The molecule has 34 heavy (non-hydrogen) atoms. The van der Waals surface area contributed by atoms with Crippen molar-refractivity contribution in [3.8, 4) is 11.8 Å². The van der Waals surface area contributed by atoms with Gasteiger partial charge in [-0.05, 0) is 61.4 Å². The normalized spacial score (nSPS) is 10.9. The first-order chi connectivity index (χ1) is 16.5. The standard InChI is InChI=1S/C26H24N4O3S/c1-18-13-19(2)15-20(14-18)30-25(32)22-8-3-4-9-23(22)28-26(30)34-17-24(31)29(11-6-10-27)16-21-7-5-12-33-21/h3-5,7-9,12-15H,6,11,16-17H2,1-2H3. The topological polar surface area (TPSA) is 92.1 Å². The van der Waals surface area contributed by atoms with Gasteiger partial charge in [-0.2, -0.15) is 5.26 Å². The van der Waals surface area contributed by atoms with Crippen molar-refractivity contribution in [2.45, 2.75) is 32.0 Å². The predicted molar refractivity (Wildman–Crippen MR) is 132 cm³/mol. The highest BCUT2D eigenvalue weighted by Gasteiger charge is 2.19. The highest BCUT2D eigenvalue weighted by molar-refractivity contribution is 7.99. The summed E-state index contributed by atoms with van der Waals surface area (Å²) in [6.07, 6.45) is 1.77. The number of nitriles is 1. The van der Waals surface area contributed by atoms with Gasteiger partial charge < -0.3 is 9.32 Å². The molecule has 4 aromatic rings. The average molecular weight is 473 g/mol. The summed E-state index contributed by atoms with van der Waals surface area (Å²) < 4.78 is 6.95. The second-order valence-corrected chi connectivity index (χ2v) is 8.93. The molecule has 0 fully saturated rings. The molecule has 0 radical (unpaired) electrons. The molecule has 8 heteroatoms. The summed E-state index contributed by atoms with van der Waals surface area (Å²) in [5.74, 6) is 0.556. The molecule has 2 aromatic heterocycles. The van der Waals surface area contributed by atoms with Gasteiger partial charge in [-0.15, -0.1) is 0 Å². The Balaban J connectivity index is 1.68. The Labute approximate surface area is 201 Å². The van der Waals surface area contributed by atoms with Crippen molar-refractivity contribution < 1.29 is 9.21 Å². The molecule has 1 amide bonds. The first-order valence-electron chi connectivity index (χ1n) is 10.9. The minimum Gasteiger partial charge on any atom is -0.467 e. The monoisotopic (exact) mass is 472 g/mol. The lowest BCUT2D eigenvalue weighted by atomic mass is 10.1. The smallest absolute Gasteiger partial charge is 0.266 e. The maximum absolute atomic E-state index is 13.5. The Morgan fingerprint density at radius 2 is 1.91 bits per heavy atom. The maximum atomic E-state index is 13.5. The van der Waals surface area contributed by atoms with E-state index >= 15 is 0 Å². The molecule has 0 atom stereocenters. The van der Waals surface area contributed by atoms with Gasteiger partial charge in [0.15, 0.2) is 5.16 Å². The predicted octanol–water partition coefficient (Wildman–Crippen LogP) is 4.63. The number of benzene rings is 2. The molecule has 0 aliphatic heterocycles. The molecular formula is C26H24N4O3S. The number of carbonyl (C=O) groups is 1. The second-order valence-electron chi connectivity index (χ2n) is 7.99. The molecule has 4 rings (SSSR count).